The molecule has 0 radical (unpaired) electrons. The van der Waals surface area contributed by atoms with Crippen LogP contribution in [0.25, 0.3) is 33.4 Å². The summed E-state index contributed by atoms with van der Waals surface area (Å²) in [5.41, 5.74) is 0.200. The molecule has 39 heteroatoms. The van der Waals surface area contributed by atoms with Crippen molar-refractivity contribution in [3.8, 4) is 28.2 Å². The standard InChI is InChI=1S/C48H67NO32P4S2/c1-82(56,57)68-25-21-64-76-80-78-66-23-27-71-84(60,61)73-34-36(35-74-85(62,63)72-28-24-67-79-81-77-65-22-26-70-83(58,59)69-20-8-2-3-9-29-86-87-30-10-4-7-19-50)11-5-6-18-49-47(53)37-12-15-40(43(31-37)48(54)55)46-41-16-13-38(51)32-44(41)75-45-33-39(52)14-17-42(45)46/h12-17,21,24-25,28,31-33,36,50-51H,2-11,18-20,22-23,26-27,29-30,34-35H2,1H3,(H,49,53)(H,54,55)(H,56,57)(H,58,59)(H,60,61)(H,62,63)/p-5/b25-21+,28-24+. The maximum Gasteiger partial charge on any atom is 0.336 e. The first-order valence-corrected chi connectivity index (χ1v) is 34.8. The Bertz CT molecular complexity index is 2990. The van der Waals surface area contributed by atoms with Crippen molar-refractivity contribution in [2.45, 2.75) is 64.2 Å². The fraction of sp³-hybridized carbons (Fsp3) is 0.479. The van der Waals surface area contributed by atoms with Gasteiger partial charge in [-0.3, -0.25) is 27.8 Å². The lowest BCUT2D eigenvalue weighted by Gasteiger charge is -2.27. The molecule has 87 heavy (non-hydrogen) atoms. The summed E-state index contributed by atoms with van der Waals surface area (Å²) in [5.74, 6) is -1.42. The van der Waals surface area contributed by atoms with E-state index in [0.717, 1.165) is 62.8 Å². The topological polar surface area (TPSA) is 457 Å². The van der Waals surface area contributed by atoms with Crippen LogP contribution < -0.4 is 35.4 Å². The highest BCUT2D eigenvalue weighted by atomic mass is 33.1. The number of carboxylic acids is 1. The number of rotatable bonds is 50. The van der Waals surface area contributed by atoms with Crippen LogP contribution in [0.1, 0.15) is 84.9 Å². The van der Waals surface area contributed by atoms with Crippen LogP contribution in [0.15, 0.2) is 88.9 Å². The second-order valence-electron chi connectivity index (χ2n) is 17.5. The van der Waals surface area contributed by atoms with Crippen molar-refractivity contribution in [2.75, 3.05) is 77.6 Å². The number of carbonyl (C=O) groups is 2. The molecule has 5 atom stereocenters. The lowest BCUT2D eigenvalue weighted by molar-refractivity contribution is -0.700. The van der Waals surface area contributed by atoms with Gasteiger partial charge in [0.2, 0.25) is 0 Å². The fourth-order valence-corrected chi connectivity index (χ4v) is 11.7. The Morgan fingerprint density at radius 1 is 0.632 bits per heavy atom. The molecule has 0 bridgehead atoms. The molecule has 0 saturated heterocycles. The number of nitrogens with one attached hydrogen (secondary N) is 1. The highest BCUT2D eigenvalue weighted by Crippen LogP contribution is 2.44. The van der Waals surface area contributed by atoms with E-state index in [-0.39, 0.29) is 67.1 Å². The van der Waals surface area contributed by atoms with Crippen molar-refractivity contribution < 1.29 is 149 Å². The van der Waals surface area contributed by atoms with Crippen molar-refractivity contribution in [2.24, 2.45) is 5.92 Å². The SMILES string of the molecule is CP(=O)([O-])O/C=C/OOOOOCCOP(=O)([O-])OCC(CCCCNC(=O)c1ccc(-c2c3ccc(=O)cc-3oc3cc([O-])ccc23)c(C(=O)O)c1)COP(=O)([O-])O/C=C/OOOOOCCOP(=O)([O-])OCCCCCCSSCCCCCO. The van der Waals surface area contributed by atoms with Crippen LogP contribution in [0.3, 0.4) is 0 Å². The van der Waals surface area contributed by atoms with E-state index in [2.05, 4.69) is 73.2 Å². The van der Waals surface area contributed by atoms with E-state index in [9.17, 15) is 62.4 Å². The molecule has 0 fully saturated rings. The summed E-state index contributed by atoms with van der Waals surface area (Å²) in [6, 6.07) is 11.8. The third-order valence-electron chi connectivity index (χ3n) is 10.8. The highest BCUT2D eigenvalue weighted by molar-refractivity contribution is 8.76. The number of hydrogen-bond donors (Lipinski definition) is 3. The van der Waals surface area contributed by atoms with E-state index in [1.54, 1.807) is 21.6 Å². The van der Waals surface area contributed by atoms with Gasteiger partial charge in [-0.25, -0.2) is 14.6 Å². The van der Waals surface area contributed by atoms with Crippen LogP contribution in [0.2, 0.25) is 0 Å². The van der Waals surface area contributed by atoms with Gasteiger partial charge in [0.05, 0.1) is 38.6 Å². The molecule has 1 amide bonds. The van der Waals surface area contributed by atoms with Crippen LogP contribution in [0.5, 0.6) is 5.75 Å². The molecular weight excluding hydrogens is 1290 g/mol. The molecule has 3 N–H and O–H groups in total. The third kappa shape index (κ3) is 32.2. The molecule has 1 heterocycles. The average Bonchev–Trinajstić information content (AvgIpc) is 0.837. The van der Waals surface area contributed by atoms with Gasteiger partial charge in [0.25, 0.3) is 21.6 Å². The van der Waals surface area contributed by atoms with E-state index >= 15 is 0 Å². The van der Waals surface area contributed by atoms with Crippen molar-refractivity contribution in [1.29, 1.82) is 0 Å². The van der Waals surface area contributed by atoms with E-state index in [1.807, 2.05) is 0 Å². The zero-order valence-electron chi connectivity index (χ0n) is 46.2. The summed E-state index contributed by atoms with van der Waals surface area (Å²) < 4.78 is 86.5. The molecule has 0 spiro atoms. The van der Waals surface area contributed by atoms with E-state index in [1.165, 1.54) is 48.5 Å². The highest BCUT2D eigenvalue weighted by Gasteiger charge is 2.24. The zero-order valence-corrected chi connectivity index (χ0v) is 51.4. The first kappa shape index (κ1) is 74.9. The molecule has 0 aromatic heterocycles. The van der Waals surface area contributed by atoms with Crippen LogP contribution >= 0.6 is 52.7 Å². The predicted octanol–water partition coefficient (Wildman–Crippen LogP) is 6.09. The van der Waals surface area contributed by atoms with Gasteiger partial charge < -0.3 is 86.1 Å². The van der Waals surface area contributed by atoms with E-state index in [4.69, 9.17) is 23.1 Å². The number of fused-ring (bicyclic) bond motifs is 2. The van der Waals surface area contributed by atoms with Crippen LogP contribution in [-0.2, 0) is 99.7 Å². The fourth-order valence-electron chi connectivity index (χ4n) is 7.01. The molecule has 5 unspecified atom stereocenters. The van der Waals surface area contributed by atoms with Crippen molar-refractivity contribution in [1.82, 2.24) is 5.32 Å². The minimum Gasteiger partial charge on any atom is -0.872 e. The number of aliphatic hydroxyl groups excluding tert-OH is 1. The first-order valence-electron chi connectivity index (χ1n) is 26.0. The Kier molecular flexibility index (Phi) is 35.3. The summed E-state index contributed by atoms with van der Waals surface area (Å²) in [6.07, 6.45) is 8.49. The van der Waals surface area contributed by atoms with Gasteiger partial charge in [0, 0.05) is 85.5 Å². The minimum atomic E-state index is -5.23. The maximum absolute atomic E-state index is 13.3. The number of unbranched alkanes of at least 4 members (excludes halogenated alkanes) is 6. The number of benzene rings is 3. The zero-order chi connectivity index (χ0) is 63.4. The van der Waals surface area contributed by atoms with Gasteiger partial charge in [-0.1, -0.05) is 65.5 Å². The number of carboxylic acid groups (broad SMARTS) is 1. The molecule has 1 aliphatic heterocycles. The second kappa shape index (κ2) is 41.0. The lowest BCUT2D eigenvalue weighted by atomic mass is 9.90. The molecular formula is C48H62NO32P4S2-5. The first-order chi connectivity index (χ1) is 41.6. The van der Waals surface area contributed by atoms with E-state index in [0.29, 0.717) is 48.0 Å². The summed E-state index contributed by atoms with van der Waals surface area (Å²) in [4.78, 5) is 104. The van der Waals surface area contributed by atoms with Gasteiger partial charge in [-0.2, -0.15) is 0 Å². The summed E-state index contributed by atoms with van der Waals surface area (Å²) in [7, 11) is -15.5. The van der Waals surface area contributed by atoms with Gasteiger partial charge >= 0.3 is 13.8 Å². The Labute approximate surface area is 504 Å². The smallest absolute Gasteiger partial charge is 0.336 e. The molecule has 4 rings (SSSR count). The molecule has 488 valence electrons. The summed E-state index contributed by atoms with van der Waals surface area (Å²) in [5, 5.41) is 58.6. The molecule has 33 nitrogen and oxygen atoms in total. The normalized spacial score (nSPS) is 15.0. The maximum atomic E-state index is 13.3. The summed E-state index contributed by atoms with van der Waals surface area (Å²) in [6.45, 7) is -2.94. The van der Waals surface area contributed by atoms with Crippen LogP contribution in [0.4, 0.5) is 0 Å². The number of amides is 1. The van der Waals surface area contributed by atoms with Gasteiger partial charge in [0.1, 0.15) is 37.1 Å². The second-order valence-corrected chi connectivity index (χ2v) is 26.2. The Morgan fingerprint density at radius 2 is 1.23 bits per heavy atom. The van der Waals surface area contributed by atoms with Crippen molar-refractivity contribution in [3.05, 3.63) is 101 Å². The number of phosphoric ester groups is 3. The van der Waals surface area contributed by atoms with Gasteiger partial charge in [-0.05, 0) is 84.5 Å². The van der Waals surface area contributed by atoms with E-state index < -0.39 is 99.7 Å². The number of carbonyl (C=O) groups excluding carboxylic acids is 1. The van der Waals surface area contributed by atoms with Crippen molar-refractivity contribution in [3.63, 3.8) is 0 Å². The largest absolute Gasteiger partial charge is 0.872 e. The monoisotopic (exact) mass is 1350 g/mol. The molecule has 0 saturated carbocycles. The number of aromatic carboxylic acids is 1. The summed E-state index contributed by atoms with van der Waals surface area (Å²) >= 11 is 0. The average molecular weight is 1350 g/mol. The molecule has 2 aromatic carbocycles. The lowest BCUT2D eigenvalue weighted by Crippen LogP contribution is -2.25. The van der Waals surface area contributed by atoms with Crippen LogP contribution in [-0.4, -0.2) is 99.7 Å². The minimum absolute atomic E-state index is 0.0101. The predicted molar refractivity (Wildman–Crippen MR) is 292 cm³/mol. The number of aliphatic hydroxyl groups is 1. The van der Waals surface area contributed by atoms with Gasteiger partial charge in [-0.15, -0.1) is 5.75 Å². The number of hydrogen-bond acceptors (Lipinski definition) is 33. The molecule has 2 aliphatic rings. The molecule has 1 aliphatic carbocycles. The Hall–Kier alpha value is -4.55. The number of phosphoric acid groups is 3. The van der Waals surface area contributed by atoms with Crippen LogP contribution in [0, 0.1) is 5.92 Å². The molecule has 2 aromatic rings. The Balaban J connectivity index is 1.20. The quantitative estimate of drug-likeness (QED) is 0.00856. The Morgan fingerprint density at radius 3 is 1.87 bits per heavy atom. The van der Waals surface area contributed by atoms with Gasteiger partial charge in [0.15, 0.2) is 25.5 Å². The van der Waals surface area contributed by atoms with Crippen molar-refractivity contribution >= 4 is 75.5 Å². The third-order valence-corrected chi connectivity index (χ3v) is 16.7.